The van der Waals surface area contributed by atoms with Crippen molar-refractivity contribution < 1.29 is 19.1 Å². The second-order valence-corrected chi connectivity index (χ2v) is 12.0. The SMILES string of the molecule is CC(C)(C)OC(=O)NCC(CNC(=O)OC(C)(C)C)Cc1ccc(NCC2CC3C=CC2C3)cc1. The highest BCUT2D eigenvalue weighted by Gasteiger charge is 2.35. The van der Waals surface area contributed by atoms with Crippen LogP contribution in [0.2, 0.25) is 0 Å². The van der Waals surface area contributed by atoms with Crippen molar-refractivity contribution in [3.63, 3.8) is 0 Å². The number of hydrogen-bond acceptors (Lipinski definition) is 5. The molecule has 7 nitrogen and oxygen atoms in total. The number of anilines is 1. The first kappa shape index (κ1) is 26.9. The minimum Gasteiger partial charge on any atom is -0.444 e. The number of allylic oxidation sites excluding steroid dienone is 2. The van der Waals surface area contributed by atoms with Crippen LogP contribution in [-0.4, -0.2) is 43.0 Å². The number of alkyl carbamates (subject to hydrolysis) is 2. The third-order valence-corrected chi connectivity index (χ3v) is 6.33. The zero-order chi connectivity index (χ0) is 25.6. The molecule has 3 unspecified atom stereocenters. The third-order valence-electron chi connectivity index (χ3n) is 6.33. The summed E-state index contributed by atoms with van der Waals surface area (Å²) in [5, 5.41) is 9.27. The van der Waals surface area contributed by atoms with E-state index in [9.17, 15) is 9.59 Å². The highest BCUT2D eigenvalue weighted by molar-refractivity contribution is 5.68. The van der Waals surface area contributed by atoms with Crippen LogP contribution in [0.3, 0.4) is 0 Å². The number of rotatable bonds is 9. The Morgan fingerprint density at radius 1 is 0.886 bits per heavy atom. The Balaban J connectivity index is 1.52. The van der Waals surface area contributed by atoms with Gasteiger partial charge in [0.05, 0.1) is 0 Å². The summed E-state index contributed by atoms with van der Waals surface area (Å²) in [6.45, 7) is 12.7. The number of carbonyl (C=O) groups excluding carboxylic acids is 2. The van der Waals surface area contributed by atoms with Crippen LogP contribution in [0.5, 0.6) is 0 Å². The molecule has 7 heteroatoms. The Hall–Kier alpha value is -2.70. The summed E-state index contributed by atoms with van der Waals surface area (Å²) in [4.78, 5) is 24.3. The summed E-state index contributed by atoms with van der Waals surface area (Å²) < 4.78 is 10.7. The van der Waals surface area contributed by atoms with Gasteiger partial charge in [-0.1, -0.05) is 24.3 Å². The van der Waals surface area contributed by atoms with Crippen molar-refractivity contribution >= 4 is 17.9 Å². The predicted octanol–water partition coefficient (Wildman–Crippen LogP) is 5.52. The van der Waals surface area contributed by atoms with E-state index in [4.69, 9.17) is 9.47 Å². The second-order valence-electron chi connectivity index (χ2n) is 12.0. The molecule has 0 aliphatic heterocycles. The molecule has 0 heterocycles. The number of amides is 2. The normalized spacial score (nSPS) is 21.2. The van der Waals surface area contributed by atoms with E-state index in [2.05, 4.69) is 52.4 Å². The van der Waals surface area contributed by atoms with Gasteiger partial charge in [-0.05, 0) is 102 Å². The van der Waals surface area contributed by atoms with Crippen molar-refractivity contribution in [3.05, 3.63) is 42.0 Å². The lowest BCUT2D eigenvalue weighted by Crippen LogP contribution is -2.41. The Morgan fingerprint density at radius 2 is 1.46 bits per heavy atom. The lowest BCUT2D eigenvalue weighted by atomic mass is 9.93. The van der Waals surface area contributed by atoms with Gasteiger partial charge >= 0.3 is 12.2 Å². The Labute approximate surface area is 210 Å². The van der Waals surface area contributed by atoms with Crippen LogP contribution in [-0.2, 0) is 15.9 Å². The lowest BCUT2D eigenvalue weighted by molar-refractivity contribution is 0.0509. The molecule has 1 aromatic rings. The molecule has 1 fully saturated rings. The van der Waals surface area contributed by atoms with Crippen LogP contribution in [0.15, 0.2) is 36.4 Å². The van der Waals surface area contributed by atoms with Crippen LogP contribution >= 0.6 is 0 Å². The van der Waals surface area contributed by atoms with Gasteiger partial charge in [-0.25, -0.2) is 9.59 Å². The number of ether oxygens (including phenoxy) is 2. The van der Waals surface area contributed by atoms with E-state index in [1.807, 2.05) is 41.5 Å². The number of fused-ring (bicyclic) bond motifs is 2. The molecule has 1 saturated carbocycles. The fraction of sp³-hybridized carbons (Fsp3) is 0.643. The molecule has 2 aliphatic rings. The smallest absolute Gasteiger partial charge is 0.407 e. The summed E-state index contributed by atoms with van der Waals surface area (Å²) in [5.41, 5.74) is 1.13. The first-order valence-corrected chi connectivity index (χ1v) is 12.8. The van der Waals surface area contributed by atoms with E-state index in [1.54, 1.807) is 0 Å². The van der Waals surface area contributed by atoms with E-state index in [-0.39, 0.29) is 5.92 Å². The molecule has 1 aromatic carbocycles. The van der Waals surface area contributed by atoms with Gasteiger partial charge in [0.1, 0.15) is 11.2 Å². The monoisotopic (exact) mass is 485 g/mol. The van der Waals surface area contributed by atoms with Gasteiger partial charge in [0.2, 0.25) is 0 Å². The molecule has 0 aromatic heterocycles. The summed E-state index contributed by atoms with van der Waals surface area (Å²) in [5.74, 6) is 2.23. The van der Waals surface area contributed by atoms with Crippen LogP contribution in [0.1, 0.15) is 59.9 Å². The largest absolute Gasteiger partial charge is 0.444 e. The van der Waals surface area contributed by atoms with Crippen molar-refractivity contribution in [3.8, 4) is 0 Å². The van der Waals surface area contributed by atoms with Crippen molar-refractivity contribution in [1.29, 1.82) is 0 Å². The summed E-state index contributed by atoms with van der Waals surface area (Å²) >= 11 is 0. The molecule has 0 radical (unpaired) electrons. The van der Waals surface area contributed by atoms with E-state index < -0.39 is 23.4 Å². The molecule has 3 rings (SSSR count). The third kappa shape index (κ3) is 9.46. The van der Waals surface area contributed by atoms with Crippen molar-refractivity contribution in [2.24, 2.45) is 23.7 Å². The van der Waals surface area contributed by atoms with Gasteiger partial charge in [-0.3, -0.25) is 0 Å². The van der Waals surface area contributed by atoms with Crippen LogP contribution < -0.4 is 16.0 Å². The van der Waals surface area contributed by atoms with E-state index in [0.29, 0.717) is 19.5 Å². The first-order valence-electron chi connectivity index (χ1n) is 12.8. The van der Waals surface area contributed by atoms with Crippen LogP contribution in [0.25, 0.3) is 0 Å². The van der Waals surface area contributed by atoms with E-state index in [1.165, 1.54) is 12.8 Å². The summed E-state index contributed by atoms with van der Waals surface area (Å²) in [6, 6.07) is 8.43. The lowest BCUT2D eigenvalue weighted by Gasteiger charge is -2.24. The topological polar surface area (TPSA) is 88.7 Å². The molecule has 2 amide bonds. The van der Waals surface area contributed by atoms with Crippen molar-refractivity contribution in [1.82, 2.24) is 10.6 Å². The predicted molar refractivity (Wildman–Crippen MR) is 139 cm³/mol. The fourth-order valence-corrected chi connectivity index (χ4v) is 4.77. The molecule has 0 spiro atoms. The van der Waals surface area contributed by atoms with Gasteiger partial charge in [0.15, 0.2) is 0 Å². The van der Waals surface area contributed by atoms with Gasteiger partial charge in [-0.2, -0.15) is 0 Å². The average molecular weight is 486 g/mol. The zero-order valence-corrected chi connectivity index (χ0v) is 22.1. The maximum Gasteiger partial charge on any atom is 0.407 e. The van der Waals surface area contributed by atoms with Gasteiger partial charge < -0.3 is 25.4 Å². The Kier molecular flexibility index (Phi) is 8.73. The first-order chi connectivity index (χ1) is 16.4. The average Bonchev–Trinajstić information content (AvgIpc) is 3.36. The van der Waals surface area contributed by atoms with Crippen molar-refractivity contribution in [2.45, 2.75) is 72.0 Å². The molecule has 2 bridgehead atoms. The quantitative estimate of drug-likeness (QED) is 0.401. The molecule has 194 valence electrons. The highest BCUT2D eigenvalue weighted by atomic mass is 16.6. The maximum atomic E-state index is 12.2. The minimum atomic E-state index is -0.564. The highest BCUT2D eigenvalue weighted by Crippen LogP contribution is 2.43. The second kappa shape index (κ2) is 11.4. The summed E-state index contributed by atoms with van der Waals surface area (Å²) in [7, 11) is 0. The number of hydrogen-bond donors (Lipinski definition) is 3. The molecule has 3 N–H and O–H groups in total. The van der Waals surface area contributed by atoms with E-state index >= 15 is 0 Å². The van der Waals surface area contributed by atoms with Crippen LogP contribution in [0.4, 0.5) is 15.3 Å². The number of nitrogens with one attached hydrogen (secondary N) is 3. The molecule has 35 heavy (non-hydrogen) atoms. The molecule has 0 saturated heterocycles. The molecular weight excluding hydrogens is 442 g/mol. The minimum absolute atomic E-state index is 0.0188. The molecular formula is C28H43N3O4. The Bertz CT molecular complexity index is 851. The number of carbonyl (C=O) groups is 2. The fourth-order valence-electron chi connectivity index (χ4n) is 4.77. The van der Waals surface area contributed by atoms with Gasteiger partial charge in [-0.15, -0.1) is 0 Å². The summed E-state index contributed by atoms with van der Waals surface area (Å²) in [6.07, 6.45) is 7.15. The van der Waals surface area contributed by atoms with Gasteiger partial charge in [0.25, 0.3) is 0 Å². The Morgan fingerprint density at radius 3 is 1.91 bits per heavy atom. The molecule has 2 aliphatic carbocycles. The standard InChI is InChI=1S/C28H43N3O4/c1-27(2,3)34-25(32)30-16-21(17-31-26(33)35-28(4,5)6)13-19-8-11-24(12-9-19)29-18-23-15-20-7-10-22(23)14-20/h7-12,20-23,29H,13-18H2,1-6H3,(H,30,32)(H,31,33). The van der Waals surface area contributed by atoms with Crippen LogP contribution in [0, 0.1) is 23.7 Å². The van der Waals surface area contributed by atoms with Gasteiger partial charge in [0, 0.05) is 25.3 Å². The zero-order valence-electron chi connectivity index (χ0n) is 22.1. The number of benzene rings is 1. The molecule has 3 atom stereocenters. The van der Waals surface area contributed by atoms with E-state index in [0.717, 1.165) is 35.5 Å². The van der Waals surface area contributed by atoms with Crippen molar-refractivity contribution in [2.75, 3.05) is 25.0 Å². The maximum absolute atomic E-state index is 12.2.